The fraction of sp³-hybridized carbons (Fsp3) is 0.923. The molecule has 0 N–H and O–H groups in total. The smallest absolute Gasteiger partial charge is 0.223 e. The van der Waals surface area contributed by atoms with E-state index in [1.54, 1.807) is 7.11 Å². The Morgan fingerprint density at radius 3 is 2.44 bits per heavy atom. The van der Waals surface area contributed by atoms with Crippen molar-refractivity contribution in [2.24, 2.45) is 5.92 Å². The Morgan fingerprint density at radius 2 is 2.00 bits per heavy atom. The molecular formula is C13H25NO2. The van der Waals surface area contributed by atoms with Gasteiger partial charge in [0.1, 0.15) is 0 Å². The zero-order chi connectivity index (χ0) is 12.1. The Hall–Kier alpha value is -0.570. The van der Waals surface area contributed by atoms with Crippen molar-refractivity contribution in [3.63, 3.8) is 0 Å². The summed E-state index contributed by atoms with van der Waals surface area (Å²) in [7, 11) is 1.68. The minimum Gasteiger partial charge on any atom is -0.385 e. The van der Waals surface area contributed by atoms with E-state index in [-0.39, 0.29) is 0 Å². The second-order valence-corrected chi connectivity index (χ2v) is 5.11. The molecule has 16 heavy (non-hydrogen) atoms. The summed E-state index contributed by atoms with van der Waals surface area (Å²) in [5.74, 6) is 0.840. The summed E-state index contributed by atoms with van der Waals surface area (Å²) in [5.41, 5.74) is 0. The third kappa shape index (κ3) is 3.78. The van der Waals surface area contributed by atoms with E-state index in [4.69, 9.17) is 4.74 Å². The normalized spacial score (nSPS) is 17.6. The van der Waals surface area contributed by atoms with Crippen LogP contribution < -0.4 is 0 Å². The molecule has 0 saturated heterocycles. The van der Waals surface area contributed by atoms with Crippen LogP contribution in [0.1, 0.15) is 46.5 Å². The van der Waals surface area contributed by atoms with Crippen molar-refractivity contribution < 1.29 is 9.53 Å². The van der Waals surface area contributed by atoms with Crippen LogP contribution in [0, 0.1) is 5.92 Å². The fourth-order valence-electron chi connectivity index (χ4n) is 1.93. The second kappa shape index (κ2) is 6.24. The Kier molecular flexibility index (Phi) is 5.26. The van der Waals surface area contributed by atoms with Gasteiger partial charge in [0.15, 0.2) is 0 Å². The van der Waals surface area contributed by atoms with E-state index < -0.39 is 0 Å². The molecule has 3 nitrogen and oxygen atoms in total. The summed E-state index contributed by atoms with van der Waals surface area (Å²) < 4.78 is 4.99. The van der Waals surface area contributed by atoms with Crippen LogP contribution in [-0.4, -0.2) is 36.6 Å². The van der Waals surface area contributed by atoms with E-state index in [2.05, 4.69) is 25.7 Å². The first kappa shape index (κ1) is 13.5. The largest absolute Gasteiger partial charge is 0.385 e. The number of carbonyl (C=O) groups is 1. The summed E-state index contributed by atoms with van der Waals surface area (Å²) in [6, 6.07) is 0.884. The van der Waals surface area contributed by atoms with E-state index in [1.807, 2.05) is 0 Å². The van der Waals surface area contributed by atoms with Crippen molar-refractivity contribution in [3.05, 3.63) is 0 Å². The number of hydrogen-bond donors (Lipinski definition) is 0. The molecule has 0 aromatic carbocycles. The maximum absolute atomic E-state index is 12.1. The van der Waals surface area contributed by atoms with Crippen LogP contribution in [0.25, 0.3) is 0 Å². The maximum atomic E-state index is 12.1. The van der Waals surface area contributed by atoms with Crippen molar-refractivity contribution in [2.75, 3.05) is 13.7 Å². The molecule has 0 heterocycles. The maximum Gasteiger partial charge on any atom is 0.223 e. The van der Waals surface area contributed by atoms with Crippen LogP contribution in [0.3, 0.4) is 0 Å². The number of carbonyl (C=O) groups excluding carboxylic acids is 1. The van der Waals surface area contributed by atoms with Crippen molar-refractivity contribution in [2.45, 2.75) is 58.5 Å². The van der Waals surface area contributed by atoms with Crippen LogP contribution >= 0.6 is 0 Å². The predicted molar refractivity (Wildman–Crippen MR) is 65.3 cm³/mol. The van der Waals surface area contributed by atoms with E-state index in [0.29, 0.717) is 36.9 Å². The average Bonchev–Trinajstić information content (AvgIpc) is 3.02. The molecule has 1 aliphatic carbocycles. The molecule has 1 aliphatic rings. The minimum absolute atomic E-state index is 0.306. The quantitative estimate of drug-likeness (QED) is 0.625. The lowest BCUT2D eigenvalue weighted by Gasteiger charge is -2.32. The number of ether oxygens (including phenoxy) is 1. The minimum atomic E-state index is 0.306. The molecule has 0 bridgehead atoms. The first-order chi connectivity index (χ1) is 7.57. The van der Waals surface area contributed by atoms with E-state index in [0.717, 1.165) is 6.42 Å². The molecule has 0 radical (unpaired) electrons. The lowest BCUT2D eigenvalue weighted by atomic mass is 10.0. The van der Waals surface area contributed by atoms with Gasteiger partial charge in [-0.1, -0.05) is 13.8 Å². The third-order valence-electron chi connectivity index (χ3n) is 3.37. The van der Waals surface area contributed by atoms with Crippen molar-refractivity contribution in [3.8, 4) is 0 Å². The lowest BCUT2D eigenvalue weighted by molar-refractivity contribution is -0.135. The van der Waals surface area contributed by atoms with Gasteiger partial charge in [0, 0.05) is 32.2 Å². The Balaban J connectivity index is 2.46. The van der Waals surface area contributed by atoms with Gasteiger partial charge in [-0.3, -0.25) is 4.79 Å². The van der Waals surface area contributed by atoms with Gasteiger partial charge in [-0.25, -0.2) is 0 Å². The highest BCUT2D eigenvalue weighted by atomic mass is 16.5. The Labute approximate surface area is 99.1 Å². The number of hydrogen-bond acceptors (Lipinski definition) is 2. The number of rotatable bonds is 7. The number of amides is 1. The molecule has 0 spiro atoms. The topological polar surface area (TPSA) is 29.5 Å². The molecule has 1 unspecified atom stereocenters. The molecule has 0 aromatic heterocycles. The van der Waals surface area contributed by atoms with Gasteiger partial charge in [0.25, 0.3) is 0 Å². The number of nitrogens with zero attached hydrogens (tertiary/aromatic N) is 1. The monoisotopic (exact) mass is 227 g/mol. The van der Waals surface area contributed by atoms with Crippen LogP contribution in [0.4, 0.5) is 0 Å². The molecule has 1 rings (SSSR count). The Morgan fingerprint density at radius 1 is 1.38 bits per heavy atom. The van der Waals surface area contributed by atoms with Gasteiger partial charge < -0.3 is 9.64 Å². The van der Waals surface area contributed by atoms with E-state index in [9.17, 15) is 4.79 Å². The molecule has 0 aromatic rings. The highest BCUT2D eigenvalue weighted by molar-refractivity contribution is 5.77. The molecule has 1 saturated carbocycles. The molecular weight excluding hydrogens is 202 g/mol. The highest BCUT2D eigenvalue weighted by Gasteiger charge is 2.36. The lowest BCUT2D eigenvalue weighted by Crippen LogP contribution is -2.43. The third-order valence-corrected chi connectivity index (χ3v) is 3.37. The fourth-order valence-corrected chi connectivity index (χ4v) is 1.93. The van der Waals surface area contributed by atoms with Gasteiger partial charge in [0.2, 0.25) is 5.91 Å². The van der Waals surface area contributed by atoms with Gasteiger partial charge in [-0.15, -0.1) is 0 Å². The summed E-state index contributed by atoms with van der Waals surface area (Å²) in [6.45, 7) is 7.21. The van der Waals surface area contributed by atoms with Gasteiger partial charge in [-0.2, -0.15) is 0 Å². The first-order valence-corrected chi connectivity index (χ1v) is 6.38. The summed E-state index contributed by atoms with van der Waals surface area (Å²) >= 11 is 0. The van der Waals surface area contributed by atoms with Gasteiger partial charge >= 0.3 is 0 Å². The van der Waals surface area contributed by atoms with Crippen LogP contribution in [-0.2, 0) is 9.53 Å². The average molecular weight is 227 g/mol. The highest BCUT2D eigenvalue weighted by Crippen LogP contribution is 2.31. The second-order valence-electron chi connectivity index (χ2n) is 5.11. The SMILES string of the molecule is COCCCC(=O)N(C1CC1)C(C)C(C)C. The van der Waals surface area contributed by atoms with E-state index >= 15 is 0 Å². The van der Waals surface area contributed by atoms with Crippen molar-refractivity contribution >= 4 is 5.91 Å². The van der Waals surface area contributed by atoms with E-state index in [1.165, 1.54) is 12.8 Å². The summed E-state index contributed by atoms with van der Waals surface area (Å²) in [5, 5.41) is 0. The molecule has 94 valence electrons. The van der Waals surface area contributed by atoms with Crippen molar-refractivity contribution in [1.82, 2.24) is 4.90 Å². The predicted octanol–water partition coefficient (Wildman–Crippen LogP) is 2.45. The van der Waals surface area contributed by atoms with Crippen LogP contribution in [0.5, 0.6) is 0 Å². The zero-order valence-electron chi connectivity index (χ0n) is 11.0. The molecule has 1 fully saturated rings. The summed E-state index contributed by atoms with van der Waals surface area (Å²) in [4.78, 5) is 14.2. The van der Waals surface area contributed by atoms with Gasteiger partial charge in [-0.05, 0) is 32.1 Å². The standard InChI is InChI=1S/C13H25NO2/c1-10(2)11(3)14(12-7-8-12)13(15)6-5-9-16-4/h10-12H,5-9H2,1-4H3. The molecule has 1 amide bonds. The zero-order valence-corrected chi connectivity index (χ0v) is 11.0. The van der Waals surface area contributed by atoms with Gasteiger partial charge in [0.05, 0.1) is 0 Å². The molecule has 1 atom stereocenters. The summed E-state index contributed by atoms with van der Waals surface area (Å²) in [6.07, 6.45) is 3.84. The van der Waals surface area contributed by atoms with Crippen LogP contribution in [0.2, 0.25) is 0 Å². The first-order valence-electron chi connectivity index (χ1n) is 6.38. The van der Waals surface area contributed by atoms with Crippen LogP contribution in [0.15, 0.2) is 0 Å². The Bertz CT molecular complexity index is 224. The molecule has 3 heteroatoms. The number of methoxy groups -OCH3 is 1. The molecule has 0 aliphatic heterocycles. The van der Waals surface area contributed by atoms with Crippen molar-refractivity contribution in [1.29, 1.82) is 0 Å².